The topological polar surface area (TPSA) is 70.1 Å². The lowest BCUT2D eigenvalue weighted by atomic mass is 10.1. The largest absolute Gasteiger partial charge is 0.361 e. The number of aryl methyl sites for hydroxylation is 1. The second kappa shape index (κ2) is 8.26. The maximum atomic E-state index is 12.7. The number of aromatic nitrogens is 2. The molecule has 0 bridgehead atoms. The molecule has 2 aromatic heterocycles. The lowest BCUT2D eigenvalue weighted by Crippen LogP contribution is -2.40. The summed E-state index contributed by atoms with van der Waals surface area (Å²) in [6, 6.07) is 11.9. The van der Waals surface area contributed by atoms with Crippen LogP contribution in [0.1, 0.15) is 11.3 Å². The van der Waals surface area contributed by atoms with Crippen molar-refractivity contribution < 1.29 is 9.59 Å². The van der Waals surface area contributed by atoms with Crippen molar-refractivity contribution in [1.82, 2.24) is 19.8 Å². The zero-order valence-electron chi connectivity index (χ0n) is 15.8. The Kier molecular flexibility index (Phi) is 5.55. The van der Waals surface area contributed by atoms with Gasteiger partial charge in [0, 0.05) is 42.6 Å². The number of amides is 2. The molecule has 6 nitrogen and oxygen atoms in total. The smallest absolute Gasteiger partial charge is 0.266 e. The van der Waals surface area contributed by atoms with Gasteiger partial charge in [0.2, 0.25) is 5.91 Å². The van der Waals surface area contributed by atoms with Gasteiger partial charge in [0.1, 0.15) is 10.9 Å². The van der Waals surface area contributed by atoms with Gasteiger partial charge in [0.05, 0.1) is 4.91 Å². The van der Waals surface area contributed by atoms with Crippen LogP contribution in [-0.4, -0.2) is 43.7 Å². The van der Waals surface area contributed by atoms with Gasteiger partial charge in [0.15, 0.2) is 0 Å². The molecule has 29 heavy (non-hydrogen) atoms. The van der Waals surface area contributed by atoms with Crippen LogP contribution in [0.15, 0.2) is 53.7 Å². The Labute approximate surface area is 178 Å². The summed E-state index contributed by atoms with van der Waals surface area (Å²) in [5.41, 5.74) is 3.14. The molecule has 4 rings (SSSR count). The third-order valence-electron chi connectivity index (χ3n) is 4.83. The highest BCUT2D eigenvalue weighted by Crippen LogP contribution is 2.32. The molecule has 2 amide bonds. The summed E-state index contributed by atoms with van der Waals surface area (Å²) in [6.45, 7) is 0.428. The molecule has 1 aliphatic heterocycles. The van der Waals surface area contributed by atoms with Gasteiger partial charge in [-0.1, -0.05) is 42.2 Å². The molecule has 3 aromatic rings. The Morgan fingerprint density at radius 1 is 1.28 bits per heavy atom. The number of fused-ring (bicyclic) bond motifs is 1. The van der Waals surface area contributed by atoms with E-state index in [9.17, 15) is 9.59 Å². The summed E-state index contributed by atoms with van der Waals surface area (Å²) in [5, 5.41) is 4.04. The van der Waals surface area contributed by atoms with E-state index in [-0.39, 0.29) is 18.4 Å². The highest BCUT2D eigenvalue weighted by atomic mass is 32.2. The number of carbonyl (C=O) groups is 2. The molecule has 0 aliphatic carbocycles. The number of rotatable bonds is 6. The van der Waals surface area contributed by atoms with Gasteiger partial charge in [-0.3, -0.25) is 14.5 Å². The summed E-state index contributed by atoms with van der Waals surface area (Å²) in [4.78, 5) is 30.1. The van der Waals surface area contributed by atoms with Crippen LogP contribution in [0.25, 0.3) is 17.0 Å². The van der Waals surface area contributed by atoms with Gasteiger partial charge < -0.3 is 14.9 Å². The predicted octanol–water partition coefficient (Wildman–Crippen LogP) is 3.07. The number of benzene rings is 1. The zero-order chi connectivity index (χ0) is 20.4. The first kappa shape index (κ1) is 19.5. The lowest BCUT2D eigenvalue weighted by Gasteiger charge is -2.14. The number of H-pyrrole nitrogens is 1. The van der Waals surface area contributed by atoms with Gasteiger partial charge in [-0.05, 0) is 36.3 Å². The number of nitrogens with zero attached hydrogens (tertiary/aromatic N) is 2. The van der Waals surface area contributed by atoms with E-state index in [1.54, 1.807) is 6.08 Å². The fourth-order valence-electron chi connectivity index (χ4n) is 3.27. The van der Waals surface area contributed by atoms with Crippen LogP contribution in [0, 0.1) is 0 Å². The Balaban J connectivity index is 1.33. The van der Waals surface area contributed by atoms with E-state index >= 15 is 0 Å². The van der Waals surface area contributed by atoms with Gasteiger partial charge in [-0.15, -0.1) is 0 Å². The summed E-state index contributed by atoms with van der Waals surface area (Å²) in [7, 11) is 1.91. The van der Waals surface area contributed by atoms with Crippen LogP contribution in [-0.2, 0) is 23.1 Å². The fourth-order valence-corrected chi connectivity index (χ4v) is 4.51. The Hall–Kier alpha value is -2.84. The summed E-state index contributed by atoms with van der Waals surface area (Å²) >= 11 is 6.53. The molecule has 1 aliphatic rings. The van der Waals surface area contributed by atoms with E-state index in [4.69, 9.17) is 12.2 Å². The molecule has 3 heterocycles. The standard InChI is InChI=1S/C21H20N4O2S2/c1-24-10-4-5-15(24)11-18-20(27)25(21(28)29-18)13-19(26)22-9-8-14-12-23-17-7-3-2-6-16(14)17/h2-7,10-12,23H,8-9,13H2,1H3,(H,22,26). The van der Waals surface area contributed by atoms with Crippen molar-refractivity contribution >= 4 is 57.1 Å². The highest BCUT2D eigenvalue weighted by molar-refractivity contribution is 8.26. The Morgan fingerprint density at radius 2 is 2.10 bits per heavy atom. The maximum Gasteiger partial charge on any atom is 0.266 e. The molecule has 1 fully saturated rings. The minimum absolute atomic E-state index is 0.0664. The van der Waals surface area contributed by atoms with E-state index in [1.165, 1.54) is 16.7 Å². The highest BCUT2D eigenvalue weighted by Gasteiger charge is 2.33. The summed E-state index contributed by atoms with van der Waals surface area (Å²) in [6.07, 6.45) is 6.39. The zero-order valence-corrected chi connectivity index (χ0v) is 17.5. The number of carbonyl (C=O) groups excluding carboxylic acids is 2. The van der Waals surface area contributed by atoms with Crippen molar-refractivity contribution in [1.29, 1.82) is 0 Å². The second-order valence-corrected chi connectivity index (χ2v) is 8.45. The van der Waals surface area contributed by atoms with Crippen LogP contribution >= 0.6 is 24.0 Å². The Morgan fingerprint density at radius 3 is 2.90 bits per heavy atom. The second-order valence-electron chi connectivity index (χ2n) is 6.77. The minimum Gasteiger partial charge on any atom is -0.361 e. The first-order chi connectivity index (χ1) is 14.0. The van der Waals surface area contributed by atoms with E-state index in [0.717, 1.165) is 22.2 Å². The molecule has 0 radical (unpaired) electrons. The predicted molar refractivity (Wildman–Crippen MR) is 120 cm³/mol. The summed E-state index contributed by atoms with van der Waals surface area (Å²) < 4.78 is 2.33. The van der Waals surface area contributed by atoms with Crippen LogP contribution < -0.4 is 5.32 Å². The van der Waals surface area contributed by atoms with Gasteiger partial charge in [0.25, 0.3) is 5.91 Å². The normalized spacial score (nSPS) is 15.6. The minimum atomic E-state index is -0.229. The number of para-hydroxylation sites is 1. The molecule has 8 heteroatoms. The average molecular weight is 425 g/mol. The van der Waals surface area contributed by atoms with E-state index < -0.39 is 0 Å². The fraction of sp³-hybridized carbons (Fsp3) is 0.190. The van der Waals surface area contributed by atoms with Crippen molar-refractivity contribution in [2.24, 2.45) is 7.05 Å². The van der Waals surface area contributed by atoms with Crippen LogP contribution in [0.3, 0.4) is 0 Å². The quantitative estimate of drug-likeness (QED) is 0.471. The van der Waals surface area contributed by atoms with Crippen molar-refractivity contribution in [3.8, 4) is 0 Å². The van der Waals surface area contributed by atoms with Gasteiger partial charge >= 0.3 is 0 Å². The number of hydrogen-bond donors (Lipinski definition) is 2. The third-order valence-corrected chi connectivity index (χ3v) is 6.21. The number of hydrogen-bond acceptors (Lipinski definition) is 4. The van der Waals surface area contributed by atoms with Crippen molar-refractivity contribution in [3.63, 3.8) is 0 Å². The van der Waals surface area contributed by atoms with Crippen LogP contribution in [0.5, 0.6) is 0 Å². The molecular formula is C21H20N4O2S2. The average Bonchev–Trinajstić information content (AvgIpc) is 3.37. The Bertz CT molecular complexity index is 1130. The lowest BCUT2D eigenvalue weighted by molar-refractivity contribution is -0.128. The number of thioether (sulfide) groups is 1. The molecule has 0 saturated carbocycles. The van der Waals surface area contributed by atoms with Gasteiger partial charge in [-0.25, -0.2) is 0 Å². The summed E-state index contributed by atoms with van der Waals surface area (Å²) in [5.74, 6) is -0.450. The van der Waals surface area contributed by atoms with E-state index in [0.29, 0.717) is 22.2 Å². The van der Waals surface area contributed by atoms with E-state index in [2.05, 4.69) is 16.4 Å². The first-order valence-corrected chi connectivity index (χ1v) is 10.4. The first-order valence-electron chi connectivity index (χ1n) is 9.21. The molecule has 0 atom stereocenters. The monoisotopic (exact) mass is 424 g/mol. The molecule has 0 unspecified atom stereocenters. The molecular weight excluding hydrogens is 404 g/mol. The van der Waals surface area contributed by atoms with Crippen LogP contribution in [0.2, 0.25) is 0 Å². The van der Waals surface area contributed by atoms with Crippen LogP contribution in [0.4, 0.5) is 0 Å². The van der Waals surface area contributed by atoms with E-state index in [1.807, 2.05) is 54.3 Å². The molecule has 1 saturated heterocycles. The van der Waals surface area contributed by atoms with Gasteiger partial charge in [-0.2, -0.15) is 0 Å². The van der Waals surface area contributed by atoms with Crippen molar-refractivity contribution in [2.75, 3.05) is 13.1 Å². The molecule has 148 valence electrons. The molecule has 1 aromatic carbocycles. The molecule has 2 N–H and O–H groups in total. The maximum absolute atomic E-state index is 12.7. The molecule has 0 spiro atoms. The number of nitrogens with one attached hydrogen (secondary N) is 2. The third kappa shape index (κ3) is 4.13. The number of aromatic amines is 1. The van der Waals surface area contributed by atoms with Crippen molar-refractivity contribution in [2.45, 2.75) is 6.42 Å². The van der Waals surface area contributed by atoms with Crippen molar-refractivity contribution in [3.05, 3.63) is 65.0 Å². The number of thiocarbonyl (C=S) groups is 1. The SMILES string of the molecule is Cn1cccc1C=C1SC(=S)N(CC(=O)NCCc2c[nH]c3ccccc23)C1=O.